The summed E-state index contributed by atoms with van der Waals surface area (Å²) < 4.78 is 0. The maximum absolute atomic E-state index is 12.6. The highest BCUT2D eigenvalue weighted by Gasteiger charge is 2.34. The highest BCUT2D eigenvalue weighted by atomic mass is 16.4. The Bertz CT molecular complexity index is 671. The zero-order valence-corrected chi connectivity index (χ0v) is 18.0. The summed E-state index contributed by atoms with van der Waals surface area (Å²) in [5.41, 5.74) is 11.1. The number of aliphatic carboxylic acids is 2. The summed E-state index contributed by atoms with van der Waals surface area (Å²) in [6, 6.07) is -6.02. The van der Waals surface area contributed by atoms with Crippen LogP contribution in [0.3, 0.4) is 0 Å². The van der Waals surface area contributed by atoms with Gasteiger partial charge in [-0.25, -0.2) is 4.79 Å². The number of carboxylic acid groups (broad SMARTS) is 2. The van der Waals surface area contributed by atoms with Gasteiger partial charge >= 0.3 is 11.9 Å². The quantitative estimate of drug-likeness (QED) is 0.106. The van der Waals surface area contributed by atoms with Gasteiger partial charge in [-0.1, -0.05) is 6.42 Å². The van der Waals surface area contributed by atoms with Crippen LogP contribution in [0.15, 0.2) is 0 Å². The van der Waals surface area contributed by atoms with Crippen LogP contribution in [0.1, 0.15) is 39.5 Å². The first-order valence-corrected chi connectivity index (χ1v) is 9.99. The van der Waals surface area contributed by atoms with E-state index in [1.54, 1.807) is 0 Å². The molecule has 184 valence electrons. The van der Waals surface area contributed by atoms with E-state index >= 15 is 0 Å². The van der Waals surface area contributed by atoms with Crippen molar-refractivity contribution in [3.63, 3.8) is 0 Å². The predicted octanol–water partition coefficient (Wildman–Crippen LogP) is -3.78. The van der Waals surface area contributed by atoms with Crippen molar-refractivity contribution in [2.45, 2.75) is 75.9 Å². The lowest BCUT2D eigenvalue weighted by Crippen LogP contribution is -2.61. The first-order chi connectivity index (χ1) is 14.8. The molecule has 0 unspecified atom stereocenters. The molecule has 0 aromatic heterocycles. The summed E-state index contributed by atoms with van der Waals surface area (Å²) in [5, 5.41) is 43.8. The zero-order chi connectivity index (χ0) is 25.0. The van der Waals surface area contributed by atoms with Crippen LogP contribution in [0, 0.1) is 0 Å². The number of unbranched alkanes of at least 4 members (excludes halogenated alkanes) is 1. The van der Waals surface area contributed by atoms with Gasteiger partial charge in [0.25, 0.3) is 0 Å². The monoisotopic (exact) mass is 463 g/mol. The van der Waals surface area contributed by atoms with Crippen LogP contribution in [-0.4, -0.2) is 93.0 Å². The van der Waals surface area contributed by atoms with E-state index in [1.807, 2.05) is 5.32 Å². The molecule has 0 saturated heterocycles. The van der Waals surface area contributed by atoms with Crippen LogP contribution < -0.4 is 27.4 Å². The summed E-state index contributed by atoms with van der Waals surface area (Å²) >= 11 is 0. The normalized spacial score (nSPS) is 16.6. The molecule has 0 fully saturated rings. The Morgan fingerprint density at radius 3 is 1.69 bits per heavy atom. The lowest BCUT2D eigenvalue weighted by Gasteiger charge is -2.27. The number of aliphatic hydroxyl groups is 2. The van der Waals surface area contributed by atoms with Gasteiger partial charge in [0.2, 0.25) is 17.7 Å². The van der Waals surface area contributed by atoms with Crippen molar-refractivity contribution < 1.29 is 44.4 Å². The number of hydrogen-bond acceptors (Lipinski definition) is 9. The third-order valence-electron chi connectivity index (χ3n) is 4.42. The van der Waals surface area contributed by atoms with E-state index in [1.165, 1.54) is 6.92 Å². The van der Waals surface area contributed by atoms with Gasteiger partial charge in [0.15, 0.2) is 0 Å². The second-order valence-electron chi connectivity index (χ2n) is 7.34. The Balaban J connectivity index is 5.27. The van der Waals surface area contributed by atoms with Crippen molar-refractivity contribution in [2.24, 2.45) is 11.5 Å². The lowest BCUT2D eigenvalue weighted by atomic mass is 10.1. The predicted molar refractivity (Wildman–Crippen MR) is 110 cm³/mol. The van der Waals surface area contributed by atoms with Crippen molar-refractivity contribution in [3.05, 3.63) is 0 Å². The molecule has 3 amide bonds. The summed E-state index contributed by atoms with van der Waals surface area (Å²) in [5.74, 6) is -6.07. The van der Waals surface area contributed by atoms with Crippen LogP contribution in [-0.2, 0) is 24.0 Å². The lowest BCUT2D eigenvalue weighted by molar-refractivity contribution is -0.148. The van der Waals surface area contributed by atoms with Crippen LogP contribution in [0.2, 0.25) is 0 Å². The number of aliphatic hydroxyl groups excluding tert-OH is 2. The number of hydrogen-bond donors (Lipinski definition) is 9. The van der Waals surface area contributed by atoms with Crippen LogP contribution in [0.5, 0.6) is 0 Å². The fourth-order valence-electron chi connectivity index (χ4n) is 2.59. The highest BCUT2D eigenvalue weighted by Crippen LogP contribution is 2.03. The highest BCUT2D eigenvalue weighted by molar-refractivity contribution is 5.95. The van der Waals surface area contributed by atoms with Crippen LogP contribution in [0.25, 0.3) is 0 Å². The van der Waals surface area contributed by atoms with Crippen molar-refractivity contribution in [3.8, 4) is 0 Å². The molecule has 0 radical (unpaired) electrons. The van der Waals surface area contributed by atoms with E-state index in [9.17, 15) is 34.2 Å². The summed E-state index contributed by atoms with van der Waals surface area (Å²) in [4.78, 5) is 59.1. The average Bonchev–Trinajstić information content (AvgIpc) is 2.68. The molecule has 0 aromatic carbocycles. The fraction of sp³-hybridized carbons (Fsp3) is 0.722. The summed E-state index contributed by atoms with van der Waals surface area (Å²) in [6.45, 7) is 2.75. The molecule has 14 heteroatoms. The molecule has 0 heterocycles. The Kier molecular flexibility index (Phi) is 13.0. The van der Waals surface area contributed by atoms with E-state index < -0.39 is 72.5 Å². The summed E-state index contributed by atoms with van der Waals surface area (Å²) in [7, 11) is 0. The molecule has 0 aromatic rings. The second-order valence-corrected chi connectivity index (χ2v) is 7.34. The Morgan fingerprint density at radius 1 is 0.812 bits per heavy atom. The first kappa shape index (κ1) is 29.2. The third kappa shape index (κ3) is 10.5. The van der Waals surface area contributed by atoms with Crippen molar-refractivity contribution >= 4 is 29.7 Å². The molecule has 6 atom stereocenters. The molecular formula is C18H33N5O9. The number of rotatable bonds is 15. The maximum Gasteiger partial charge on any atom is 0.326 e. The summed E-state index contributed by atoms with van der Waals surface area (Å²) in [6.07, 6.45) is -2.37. The topological polar surface area (TPSA) is 254 Å². The van der Waals surface area contributed by atoms with Gasteiger partial charge in [0.05, 0.1) is 24.7 Å². The Labute approximate surface area is 184 Å². The first-order valence-electron chi connectivity index (χ1n) is 9.99. The van der Waals surface area contributed by atoms with Gasteiger partial charge in [-0.05, 0) is 33.2 Å². The average molecular weight is 463 g/mol. The standard InChI is InChI=1S/C18H33N5O9/c1-8(24)13(16(29)21-11(18(31)32)7-12(26)27)23-17(30)14(9(2)25)22-15(28)10(20)5-3-4-6-19/h8-11,13-14,24-25H,3-7,19-20H2,1-2H3,(H,21,29)(H,22,28)(H,23,30)(H,26,27)(H,31,32)/t8-,9-,10+,11+,13+,14+/m1/s1. The maximum atomic E-state index is 12.6. The number of carbonyl (C=O) groups is 5. The van der Waals surface area contributed by atoms with E-state index in [-0.39, 0.29) is 6.42 Å². The molecule has 0 rings (SSSR count). The van der Waals surface area contributed by atoms with Crippen LogP contribution >= 0.6 is 0 Å². The van der Waals surface area contributed by atoms with Gasteiger partial charge in [0, 0.05) is 0 Å². The van der Waals surface area contributed by atoms with Gasteiger partial charge in [-0.3, -0.25) is 19.2 Å². The van der Waals surface area contributed by atoms with Gasteiger partial charge in [0.1, 0.15) is 18.1 Å². The molecule has 0 saturated carbocycles. The Morgan fingerprint density at radius 2 is 1.28 bits per heavy atom. The minimum atomic E-state index is -1.81. The van der Waals surface area contributed by atoms with E-state index in [0.717, 1.165) is 6.92 Å². The minimum absolute atomic E-state index is 0.288. The molecule has 0 aliphatic rings. The van der Waals surface area contributed by atoms with E-state index in [0.29, 0.717) is 19.4 Å². The van der Waals surface area contributed by atoms with Gasteiger partial charge < -0.3 is 47.8 Å². The number of amides is 3. The minimum Gasteiger partial charge on any atom is -0.481 e. The molecule has 0 aliphatic heterocycles. The number of nitrogens with one attached hydrogen (secondary N) is 3. The molecule has 14 nitrogen and oxygen atoms in total. The van der Waals surface area contributed by atoms with E-state index in [4.69, 9.17) is 21.7 Å². The number of carbonyl (C=O) groups excluding carboxylic acids is 3. The number of carboxylic acids is 2. The van der Waals surface area contributed by atoms with Crippen molar-refractivity contribution in [1.29, 1.82) is 0 Å². The molecule has 32 heavy (non-hydrogen) atoms. The molecule has 11 N–H and O–H groups in total. The van der Waals surface area contributed by atoms with E-state index in [2.05, 4.69) is 10.6 Å². The smallest absolute Gasteiger partial charge is 0.326 e. The SMILES string of the molecule is C[C@@H](O)[C@H](NC(=O)[C@@H](NC(=O)[C@@H](N)CCCCN)[C@@H](C)O)C(=O)N[C@@H](CC(=O)O)C(=O)O. The molecule has 0 bridgehead atoms. The van der Waals surface area contributed by atoms with Gasteiger partial charge in [-0.2, -0.15) is 0 Å². The largest absolute Gasteiger partial charge is 0.481 e. The molecule has 0 aliphatic carbocycles. The molecule has 0 spiro atoms. The van der Waals surface area contributed by atoms with Crippen molar-refractivity contribution in [1.82, 2.24) is 16.0 Å². The fourth-order valence-corrected chi connectivity index (χ4v) is 2.59. The molecular weight excluding hydrogens is 430 g/mol. The zero-order valence-electron chi connectivity index (χ0n) is 18.0. The second kappa shape index (κ2) is 14.3. The van der Waals surface area contributed by atoms with Crippen molar-refractivity contribution in [2.75, 3.05) is 6.54 Å². The van der Waals surface area contributed by atoms with Gasteiger partial charge in [-0.15, -0.1) is 0 Å². The van der Waals surface area contributed by atoms with Crippen LogP contribution in [0.4, 0.5) is 0 Å². The number of nitrogens with two attached hydrogens (primary N) is 2. The Hall–Kier alpha value is -2.81. The third-order valence-corrected chi connectivity index (χ3v) is 4.42.